The monoisotopic (exact) mass is 406 g/mol. The molecule has 156 valence electrons. The van der Waals surface area contributed by atoms with Crippen LogP contribution in [0.15, 0.2) is 40.2 Å². The van der Waals surface area contributed by atoms with Crippen LogP contribution in [0.4, 0.5) is 0 Å². The second-order valence-corrected chi connectivity index (χ2v) is 9.57. The maximum absolute atomic E-state index is 10.8. The number of nitrogens with one attached hydrogen (secondary N) is 2. The van der Waals surface area contributed by atoms with Crippen molar-refractivity contribution in [2.75, 3.05) is 52.5 Å². The van der Waals surface area contributed by atoms with Crippen LogP contribution in [0.3, 0.4) is 0 Å². The van der Waals surface area contributed by atoms with Crippen LogP contribution in [0.1, 0.15) is 26.7 Å². The fraction of sp³-hybridized carbons (Fsp3) is 0.667. The summed E-state index contributed by atoms with van der Waals surface area (Å²) in [6, 6.07) is 10.6. The van der Waals surface area contributed by atoms with Crippen LogP contribution in [-0.4, -0.2) is 78.8 Å². The summed E-state index contributed by atoms with van der Waals surface area (Å²) < 4.78 is 5.64. The van der Waals surface area contributed by atoms with Crippen molar-refractivity contribution in [1.82, 2.24) is 15.5 Å². The van der Waals surface area contributed by atoms with Gasteiger partial charge in [-0.15, -0.1) is 11.8 Å². The number of ether oxygens (including phenoxy) is 1. The molecule has 6 nitrogen and oxygen atoms in total. The molecule has 1 unspecified atom stereocenters. The van der Waals surface area contributed by atoms with Crippen molar-refractivity contribution in [3.63, 3.8) is 0 Å². The topological polar surface area (TPSA) is 69.1 Å². The van der Waals surface area contributed by atoms with Crippen molar-refractivity contribution in [2.24, 2.45) is 4.99 Å². The van der Waals surface area contributed by atoms with Crippen LogP contribution in [0.25, 0.3) is 0 Å². The molecule has 1 aliphatic carbocycles. The molecule has 28 heavy (non-hydrogen) atoms. The number of hydrogen-bond donors (Lipinski definition) is 3. The van der Waals surface area contributed by atoms with Crippen LogP contribution < -0.4 is 10.6 Å². The Morgan fingerprint density at radius 3 is 2.61 bits per heavy atom. The van der Waals surface area contributed by atoms with E-state index < -0.39 is 5.60 Å². The standard InChI is InChI=1S/C21H34N4O2S/c1-3-22-19(23-15-20(2,26)17-25-11-13-27-14-12-25)24-16-21(9-10-21)28-18-7-5-4-6-8-18/h4-8,26H,3,9-17H2,1-2H3,(H2,22,23,24). The molecule has 1 aromatic carbocycles. The van der Waals surface area contributed by atoms with E-state index in [-0.39, 0.29) is 4.75 Å². The third kappa shape index (κ3) is 6.95. The van der Waals surface area contributed by atoms with Gasteiger partial charge in [-0.3, -0.25) is 9.89 Å². The van der Waals surface area contributed by atoms with Crippen LogP contribution in [0, 0.1) is 0 Å². The lowest BCUT2D eigenvalue weighted by Gasteiger charge is -2.33. The maximum Gasteiger partial charge on any atom is 0.191 e. The van der Waals surface area contributed by atoms with Crippen LogP contribution >= 0.6 is 11.8 Å². The van der Waals surface area contributed by atoms with Crippen LogP contribution in [0.5, 0.6) is 0 Å². The van der Waals surface area contributed by atoms with E-state index in [1.807, 2.05) is 18.7 Å². The van der Waals surface area contributed by atoms with Gasteiger partial charge in [0.2, 0.25) is 0 Å². The lowest BCUT2D eigenvalue weighted by molar-refractivity contribution is -0.0179. The molecule has 1 heterocycles. The van der Waals surface area contributed by atoms with Crippen molar-refractivity contribution in [2.45, 2.75) is 41.9 Å². The van der Waals surface area contributed by atoms with E-state index in [4.69, 9.17) is 4.74 Å². The molecule has 0 spiro atoms. The van der Waals surface area contributed by atoms with E-state index in [0.717, 1.165) is 45.4 Å². The Bertz CT molecular complexity index is 629. The predicted molar refractivity (Wildman–Crippen MR) is 116 cm³/mol. The molecule has 3 rings (SSSR count). The summed E-state index contributed by atoms with van der Waals surface area (Å²) in [7, 11) is 0. The Morgan fingerprint density at radius 1 is 1.25 bits per heavy atom. The number of rotatable bonds is 9. The van der Waals surface area contributed by atoms with Gasteiger partial charge in [0, 0.05) is 42.4 Å². The molecule has 3 N–H and O–H groups in total. The summed E-state index contributed by atoms with van der Waals surface area (Å²) in [5.74, 6) is 0.782. The zero-order valence-electron chi connectivity index (χ0n) is 17.1. The summed E-state index contributed by atoms with van der Waals surface area (Å²) in [5, 5.41) is 17.6. The van der Waals surface area contributed by atoms with Crippen LogP contribution in [-0.2, 0) is 4.74 Å². The molecule has 2 aliphatic rings. The third-order valence-corrected chi connectivity index (χ3v) is 6.55. The highest BCUT2D eigenvalue weighted by atomic mass is 32.2. The van der Waals surface area contributed by atoms with Crippen molar-refractivity contribution in [3.05, 3.63) is 30.3 Å². The first kappa shape index (κ1) is 21.4. The zero-order valence-corrected chi connectivity index (χ0v) is 17.9. The number of hydrogen-bond acceptors (Lipinski definition) is 5. The van der Waals surface area contributed by atoms with Crippen molar-refractivity contribution >= 4 is 17.7 Å². The maximum atomic E-state index is 10.8. The second kappa shape index (κ2) is 9.96. The number of aliphatic imine (C=N–C) groups is 1. The summed E-state index contributed by atoms with van der Waals surface area (Å²) >= 11 is 1.95. The van der Waals surface area contributed by atoms with Gasteiger partial charge in [-0.2, -0.15) is 0 Å². The number of thioether (sulfide) groups is 1. The second-order valence-electron chi connectivity index (χ2n) is 8.03. The molecule has 2 fully saturated rings. The fourth-order valence-corrected chi connectivity index (χ4v) is 4.56. The quantitative estimate of drug-likeness (QED) is 0.430. The number of aliphatic hydroxyl groups is 1. The van der Waals surface area contributed by atoms with Crippen molar-refractivity contribution in [3.8, 4) is 0 Å². The van der Waals surface area contributed by atoms with Crippen molar-refractivity contribution in [1.29, 1.82) is 0 Å². The molecule has 1 saturated heterocycles. The normalized spacial score (nSPS) is 21.8. The van der Waals surface area contributed by atoms with Gasteiger partial charge in [0.15, 0.2) is 5.96 Å². The van der Waals surface area contributed by atoms with Gasteiger partial charge in [0.1, 0.15) is 0 Å². The number of β-amino-alcohol motifs (C(OH)–C–C–N with tert-alkyl or cyclic N) is 1. The Hall–Kier alpha value is -1.28. The van der Waals surface area contributed by atoms with Gasteiger partial charge in [0.05, 0.1) is 25.4 Å². The SMILES string of the molecule is CCNC(=NCC(C)(O)CN1CCOCC1)NCC1(Sc2ccccc2)CC1. The molecule has 1 aliphatic heterocycles. The average Bonchev–Trinajstić information content (AvgIpc) is 3.45. The molecule has 7 heteroatoms. The zero-order chi connectivity index (χ0) is 19.9. The third-order valence-electron chi connectivity index (χ3n) is 5.05. The summed E-state index contributed by atoms with van der Waals surface area (Å²) in [4.78, 5) is 8.23. The van der Waals surface area contributed by atoms with E-state index in [1.54, 1.807) is 0 Å². The number of nitrogens with zero attached hydrogens (tertiary/aromatic N) is 2. The Labute approximate surface area is 173 Å². The minimum Gasteiger partial charge on any atom is -0.387 e. The Morgan fingerprint density at radius 2 is 1.96 bits per heavy atom. The molecule has 0 radical (unpaired) electrons. The van der Waals surface area contributed by atoms with Gasteiger partial charge in [0.25, 0.3) is 0 Å². The number of benzene rings is 1. The van der Waals surface area contributed by atoms with E-state index in [9.17, 15) is 5.11 Å². The molecule has 0 amide bonds. The fourth-order valence-electron chi connectivity index (χ4n) is 3.32. The largest absolute Gasteiger partial charge is 0.387 e. The minimum absolute atomic E-state index is 0.258. The van der Waals surface area contributed by atoms with E-state index in [1.165, 1.54) is 17.7 Å². The highest BCUT2D eigenvalue weighted by Crippen LogP contribution is 2.51. The molecular formula is C21H34N4O2S. The highest BCUT2D eigenvalue weighted by Gasteiger charge is 2.43. The molecule has 1 atom stereocenters. The first-order chi connectivity index (χ1) is 13.5. The predicted octanol–water partition coefficient (Wildman–Crippen LogP) is 1.95. The van der Waals surface area contributed by atoms with E-state index >= 15 is 0 Å². The molecule has 1 aromatic rings. The summed E-state index contributed by atoms with van der Waals surface area (Å²) in [6.45, 7) is 9.83. The van der Waals surface area contributed by atoms with Crippen LogP contribution in [0.2, 0.25) is 0 Å². The lowest BCUT2D eigenvalue weighted by atomic mass is 10.1. The molecule has 0 aromatic heterocycles. The smallest absolute Gasteiger partial charge is 0.191 e. The Kier molecular flexibility index (Phi) is 7.62. The Balaban J connectivity index is 1.50. The highest BCUT2D eigenvalue weighted by molar-refractivity contribution is 8.01. The van der Waals surface area contributed by atoms with Gasteiger partial charge in [-0.25, -0.2) is 0 Å². The first-order valence-electron chi connectivity index (χ1n) is 10.3. The number of morpholine rings is 1. The van der Waals surface area contributed by atoms with E-state index in [0.29, 0.717) is 13.1 Å². The van der Waals surface area contributed by atoms with Gasteiger partial charge in [-0.1, -0.05) is 18.2 Å². The molecule has 0 bridgehead atoms. The lowest BCUT2D eigenvalue weighted by Crippen LogP contribution is -2.48. The molecular weight excluding hydrogens is 372 g/mol. The average molecular weight is 407 g/mol. The minimum atomic E-state index is -0.851. The van der Waals surface area contributed by atoms with E-state index in [2.05, 4.69) is 57.8 Å². The summed E-state index contributed by atoms with van der Waals surface area (Å²) in [6.07, 6.45) is 2.43. The summed E-state index contributed by atoms with van der Waals surface area (Å²) in [5.41, 5.74) is -0.851. The first-order valence-corrected chi connectivity index (χ1v) is 11.1. The van der Waals surface area contributed by atoms with Gasteiger partial charge < -0.3 is 20.5 Å². The van der Waals surface area contributed by atoms with Crippen molar-refractivity contribution < 1.29 is 9.84 Å². The molecule has 1 saturated carbocycles. The van der Waals surface area contributed by atoms with Gasteiger partial charge >= 0.3 is 0 Å². The van der Waals surface area contributed by atoms with Gasteiger partial charge in [-0.05, 0) is 38.8 Å². The number of guanidine groups is 1.